The Morgan fingerprint density at radius 1 is 1.08 bits per heavy atom. The highest BCUT2D eigenvalue weighted by Gasteiger charge is 2.17. The van der Waals surface area contributed by atoms with E-state index in [2.05, 4.69) is 15.5 Å². The van der Waals surface area contributed by atoms with Crippen LogP contribution in [0.25, 0.3) is 5.69 Å². The summed E-state index contributed by atoms with van der Waals surface area (Å²) in [4.78, 5) is 23.2. The minimum atomic E-state index is -0.499. The third-order valence-corrected chi connectivity index (χ3v) is 6.60. The number of carbonyl (C=O) groups is 1. The molecule has 11 heteroatoms. The van der Waals surface area contributed by atoms with E-state index in [1.165, 1.54) is 23.9 Å². The number of amides is 1. The number of carbonyl (C=O) groups excluding carboxylic acids is 1. The van der Waals surface area contributed by atoms with E-state index in [1.807, 2.05) is 47.9 Å². The number of nitrogens with zero attached hydrogens (tertiary/aromatic N) is 4. The Hall–Kier alpha value is -3.89. The predicted octanol–water partition coefficient (Wildman–Crippen LogP) is 5.76. The number of non-ortho nitro benzene ring substituents is 1. The zero-order valence-electron chi connectivity index (χ0n) is 19.5. The summed E-state index contributed by atoms with van der Waals surface area (Å²) >= 11 is 7.30. The second kappa shape index (κ2) is 11.2. The molecule has 1 amide bonds. The number of rotatable bonds is 9. The first kappa shape index (κ1) is 25.2. The van der Waals surface area contributed by atoms with Crippen LogP contribution in [-0.4, -0.2) is 31.3 Å². The minimum Gasteiger partial charge on any atom is -0.486 e. The Morgan fingerprint density at radius 3 is 2.58 bits per heavy atom. The lowest BCUT2D eigenvalue weighted by Crippen LogP contribution is -2.15. The van der Waals surface area contributed by atoms with Crippen LogP contribution in [0.2, 0.25) is 5.02 Å². The minimum absolute atomic E-state index is 0.0321. The fourth-order valence-electron chi connectivity index (χ4n) is 3.35. The molecule has 36 heavy (non-hydrogen) atoms. The summed E-state index contributed by atoms with van der Waals surface area (Å²) < 4.78 is 7.76. The van der Waals surface area contributed by atoms with E-state index in [4.69, 9.17) is 16.3 Å². The second-order valence-corrected chi connectivity index (χ2v) is 9.21. The first-order chi connectivity index (χ1) is 17.3. The summed E-state index contributed by atoms with van der Waals surface area (Å²) in [5.74, 6) is 0.928. The van der Waals surface area contributed by atoms with Gasteiger partial charge in [-0.05, 0) is 55.3 Å². The van der Waals surface area contributed by atoms with E-state index in [0.717, 1.165) is 16.8 Å². The number of para-hydroxylation sites is 1. The van der Waals surface area contributed by atoms with Crippen LogP contribution in [-0.2, 0) is 11.4 Å². The molecule has 4 rings (SSSR count). The van der Waals surface area contributed by atoms with Gasteiger partial charge in [-0.25, -0.2) is 0 Å². The number of anilines is 1. The smallest absolute Gasteiger partial charge is 0.271 e. The van der Waals surface area contributed by atoms with Gasteiger partial charge in [0.15, 0.2) is 11.0 Å². The van der Waals surface area contributed by atoms with Gasteiger partial charge in [0.25, 0.3) is 5.69 Å². The zero-order chi connectivity index (χ0) is 25.7. The van der Waals surface area contributed by atoms with Gasteiger partial charge in [0.2, 0.25) is 5.91 Å². The Balaban J connectivity index is 1.50. The van der Waals surface area contributed by atoms with E-state index in [-0.39, 0.29) is 24.0 Å². The molecule has 0 atom stereocenters. The summed E-state index contributed by atoms with van der Waals surface area (Å²) in [6, 6.07) is 19.3. The number of halogens is 1. The number of nitro benzene ring substituents is 1. The molecule has 0 spiro atoms. The Kier molecular flexibility index (Phi) is 7.87. The van der Waals surface area contributed by atoms with Crippen molar-refractivity contribution in [3.05, 3.63) is 98.8 Å². The highest BCUT2D eigenvalue weighted by atomic mass is 35.5. The second-order valence-electron chi connectivity index (χ2n) is 7.86. The van der Waals surface area contributed by atoms with E-state index < -0.39 is 4.92 Å². The molecule has 0 saturated heterocycles. The van der Waals surface area contributed by atoms with E-state index >= 15 is 0 Å². The van der Waals surface area contributed by atoms with Gasteiger partial charge in [0.05, 0.1) is 16.4 Å². The summed E-state index contributed by atoms with van der Waals surface area (Å²) in [6.07, 6.45) is 0. The number of thioether (sulfide) groups is 1. The van der Waals surface area contributed by atoms with E-state index in [0.29, 0.717) is 27.4 Å². The molecule has 0 aliphatic carbocycles. The van der Waals surface area contributed by atoms with Gasteiger partial charge in [-0.1, -0.05) is 47.6 Å². The Morgan fingerprint density at radius 2 is 1.86 bits per heavy atom. The standard InChI is InChI=1S/C25H22ClN5O4S/c1-16-8-9-19(31(33)34)13-22(16)27-24(32)15-36-25-29-28-23(30(25)18-6-4-3-5-7-18)14-35-20-10-11-21(26)17(2)12-20/h3-13H,14-15H2,1-2H3,(H,27,32). The molecule has 0 aliphatic rings. The number of aromatic nitrogens is 3. The zero-order valence-corrected chi connectivity index (χ0v) is 21.0. The van der Waals surface area contributed by atoms with Gasteiger partial charge in [-0.15, -0.1) is 10.2 Å². The van der Waals surface area contributed by atoms with Gasteiger partial charge in [0, 0.05) is 22.8 Å². The summed E-state index contributed by atoms with van der Waals surface area (Å²) in [7, 11) is 0. The van der Waals surface area contributed by atoms with E-state index in [1.54, 1.807) is 25.1 Å². The maximum atomic E-state index is 12.6. The van der Waals surface area contributed by atoms with Crippen molar-refractivity contribution in [1.82, 2.24) is 14.8 Å². The van der Waals surface area contributed by atoms with Crippen molar-refractivity contribution in [2.75, 3.05) is 11.1 Å². The molecule has 0 radical (unpaired) electrons. The average molecular weight is 524 g/mol. The molecule has 0 unspecified atom stereocenters. The molecule has 3 aromatic carbocycles. The maximum absolute atomic E-state index is 12.6. The van der Waals surface area contributed by atoms with Gasteiger partial charge in [-0.2, -0.15) is 0 Å². The largest absolute Gasteiger partial charge is 0.486 e. The fraction of sp³-hybridized carbons (Fsp3) is 0.160. The molecular formula is C25H22ClN5O4S. The maximum Gasteiger partial charge on any atom is 0.271 e. The van der Waals surface area contributed by atoms with Crippen molar-refractivity contribution in [3.63, 3.8) is 0 Å². The molecule has 4 aromatic rings. The van der Waals surface area contributed by atoms with Gasteiger partial charge < -0.3 is 10.1 Å². The van der Waals surface area contributed by atoms with Gasteiger partial charge in [0.1, 0.15) is 12.4 Å². The fourth-order valence-corrected chi connectivity index (χ4v) is 4.24. The van der Waals surface area contributed by atoms with Crippen LogP contribution in [0.4, 0.5) is 11.4 Å². The lowest BCUT2D eigenvalue weighted by atomic mass is 10.2. The quantitative estimate of drug-likeness (QED) is 0.169. The average Bonchev–Trinajstić information content (AvgIpc) is 3.28. The predicted molar refractivity (Wildman–Crippen MR) is 139 cm³/mol. The molecule has 0 fully saturated rings. The van der Waals surface area contributed by atoms with Crippen LogP contribution in [0.5, 0.6) is 5.75 Å². The monoisotopic (exact) mass is 523 g/mol. The summed E-state index contributed by atoms with van der Waals surface area (Å²) in [5, 5.41) is 23.5. The molecule has 184 valence electrons. The third kappa shape index (κ3) is 6.02. The molecule has 0 saturated carbocycles. The Bertz CT molecular complexity index is 1410. The number of nitrogens with one attached hydrogen (secondary N) is 1. The number of nitro groups is 1. The van der Waals surface area contributed by atoms with Gasteiger partial charge in [-0.3, -0.25) is 19.5 Å². The number of hydrogen-bond donors (Lipinski definition) is 1. The van der Waals surface area contributed by atoms with E-state index in [9.17, 15) is 14.9 Å². The van der Waals surface area contributed by atoms with Crippen LogP contribution in [0, 0.1) is 24.0 Å². The van der Waals surface area contributed by atoms with Gasteiger partial charge >= 0.3 is 0 Å². The Labute approximate surface area is 216 Å². The van der Waals surface area contributed by atoms with Crippen molar-refractivity contribution in [3.8, 4) is 11.4 Å². The normalized spacial score (nSPS) is 10.8. The molecule has 1 aromatic heterocycles. The molecule has 9 nitrogen and oxygen atoms in total. The van der Waals surface area contributed by atoms with Crippen LogP contribution < -0.4 is 10.1 Å². The number of ether oxygens (including phenoxy) is 1. The highest BCUT2D eigenvalue weighted by molar-refractivity contribution is 7.99. The molecular weight excluding hydrogens is 502 g/mol. The lowest BCUT2D eigenvalue weighted by molar-refractivity contribution is -0.384. The number of benzene rings is 3. The highest BCUT2D eigenvalue weighted by Crippen LogP contribution is 2.26. The SMILES string of the molecule is Cc1cc(OCc2nnc(SCC(=O)Nc3cc([N+](=O)[O-])ccc3C)n2-c2ccccc2)ccc1Cl. The van der Waals surface area contributed by atoms with Crippen molar-refractivity contribution >= 4 is 40.6 Å². The van der Waals surface area contributed by atoms with Crippen molar-refractivity contribution in [2.24, 2.45) is 0 Å². The molecule has 1 heterocycles. The van der Waals surface area contributed by atoms with Crippen LogP contribution in [0.15, 0.2) is 71.9 Å². The van der Waals surface area contributed by atoms with Crippen molar-refractivity contribution in [2.45, 2.75) is 25.6 Å². The first-order valence-electron chi connectivity index (χ1n) is 10.9. The van der Waals surface area contributed by atoms with Crippen LogP contribution in [0.1, 0.15) is 17.0 Å². The summed E-state index contributed by atoms with van der Waals surface area (Å²) in [6.45, 7) is 3.83. The lowest BCUT2D eigenvalue weighted by Gasteiger charge is -2.12. The van der Waals surface area contributed by atoms with Crippen LogP contribution in [0.3, 0.4) is 0 Å². The molecule has 1 N–H and O–H groups in total. The number of aryl methyl sites for hydroxylation is 2. The van der Waals surface area contributed by atoms with Crippen molar-refractivity contribution < 1.29 is 14.5 Å². The van der Waals surface area contributed by atoms with Crippen molar-refractivity contribution in [1.29, 1.82) is 0 Å². The molecule has 0 bridgehead atoms. The summed E-state index contributed by atoms with van der Waals surface area (Å²) in [5.41, 5.74) is 2.76. The first-order valence-corrected chi connectivity index (χ1v) is 12.2. The van der Waals surface area contributed by atoms with Crippen LogP contribution >= 0.6 is 23.4 Å². The topological polar surface area (TPSA) is 112 Å². The third-order valence-electron chi connectivity index (χ3n) is 5.25. The molecule has 0 aliphatic heterocycles. The number of hydrogen-bond acceptors (Lipinski definition) is 7.